The quantitative estimate of drug-likeness (QED) is 0.608. The molecular formula is C22H27N5O3S. The maximum Gasteiger partial charge on any atom is 0.234 e. The van der Waals surface area contributed by atoms with Gasteiger partial charge in [0.1, 0.15) is 10.8 Å². The minimum atomic E-state index is -0.121. The summed E-state index contributed by atoms with van der Waals surface area (Å²) in [5.41, 5.74) is 0.691. The number of hydrogen-bond donors (Lipinski definition) is 2. The van der Waals surface area contributed by atoms with Crippen molar-refractivity contribution in [2.75, 3.05) is 36.2 Å². The van der Waals surface area contributed by atoms with Crippen molar-refractivity contribution in [3.05, 3.63) is 36.4 Å². The summed E-state index contributed by atoms with van der Waals surface area (Å²) in [5, 5.41) is 15.2. The van der Waals surface area contributed by atoms with Crippen LogP contribution in [-0.2, 0) is 9.59 Å². The Morgan fingerprint density at radius 1 is 1.19 bits per heavy atom. The molecule has 2 fully saturated rings. The molecule has 2 aliphatic rings. The Kier molecular flexibility index (Phi) is 6.91. The molecule has 1 saturated carbocycles. The van der Waals surface area contributed by atoms with Crippen molar-refractivity contribution in [3.8, 4) is 5.75 Å². The van der Waals surface area contributed by atoms with Gasteiger partial charge in [0.05, 0.1) is 18.8 Å². The van der Waals surface area contributed by atoms with E-state index in [4.69, 9.17) is 4.74 Å². The fraction of sp³-hybridized carbons (Fsp3) is 0.455. The smallest absolute Gasteiger partial charge is 0.234 e. The van der Waals surface area contributed by atoms with Gasteiger partial charge in [-0.3, -0.25) is 9.59 Å². The number of carbonyl (C=O) groups excluding carboxylic acids is 2. The number of hydrogen-bond acceptors (Lipinski definition) is 7. The highest BCUT2D eigenvalue weighted by Gasteiger charge is 2.30. The third-order valence-electron chi connectivity index (χ3n) is 5.37. The van der Waals surface area contributed by atoms with Crippen LogP contribution in [-0.4, -0.2) is 54.0 Å². The number of methoxy groups -OCH3 is 1. The Morgan fingerprint density at radius 2 is 2.06 bits per heavy atom. The molecule has 0 unspecified atom stereocenters. The number of nitrogens with one attached hydrogen (secondary N) is 2. The van der Waals surface area contributed by atoms with E-state index in [1.165, 1.54) is 11.8 Å². The molecular weight excluding hydrogens is 414 g/mol. The first kappa shape index (κ1) is 21.4. The standard InChI is InChI=1S/C22H27N5O3S/c1-30-18-6-2-5-17(12-18)23-20(28)14-31-21-10-9-19(25-26-21)27-11-3-4-15(13-27)22(29)24-16-7-8-16/h2,5-6,9-10,12,15-16H,3-4,7-8,11,13-14H2,1H3,(H,23,28)(H,24,29)/t15-/m1/s1. The van der Waals surface area contributed by atoms with Gasteiger partial charge in [0, 0.05) is 30.9 Å². The van der Waals surface area contributed by atoms with Gasteiger partial charge in [-0.25, -0.2) is 0 Å². The Labute approximate surface area is 186 Å². The van der Waals surface area contributed by atoms with Gasteiger partial charge in [0.2, 0.25) is 11.8 Å². The fourth-order valence-electron chi connectivity index (χ4n) is 3.54. The van der Waals surface area contributed by atoms with Crippen molar-refractivity contribution in [1.82, 2.24) is 15.5 Å². The van der Waals surface area contributed by atoms with Gasteiger partial charge in [-0.1, -0.05) is 17.8 Å². The van der Waals surface area contributed by atoms with Crippen molar-refractivity contribution < 1.29 is 14.3 Å². The topological polar surface area (TPSA) is 96.5 Å². The van der Waals surface area contributed by atoms with Crippen molar-refractivity contribution in [1.29, 1.82) is 0 Å². The molecule has 0 bridgehead atoms. The zero-order valence-corrected chi connectivity index (χ0v) is 18.4. The van der Waals surface area contributed by atoms with Crippen LogP contribution in [0.1, 0.15) is 25.7 Å². The first-order chi connectivity index (χ1) is 15.1. The molecule has 1 aromatic carbocycles. The molecule has 1 aliphatic carbocycles. The number of carbonyl (C=O) groups is 2. The molecule has 2 N–H and O–H groups in total. The maximum atomic E-state index is 12.4. The lowest BCUT2D eigenvalue weighted by atomic mass is 9.97. The van der Waals surface area contributed by atoms with Crippen LogP contribution in [0.5, 0.6) is 5.75 Å². The van der Waals surface area contributed by atoms with Crippen LogP contribution in [0, 0.1) is 5.92 Å². The van der Waals surface area contributed by atoms with Crippen LogP contribution >= 0.6 is 11.8 Å². The van der Waals surface area contributed by atoms with Crippen molar-refractivity contribution in [2.45, 2.75) is 36.8 Å². The minimum Gasteiger partial charge on any atom is -0.497 e. The summed E-state index contributed by atoms with van der Waals surface area (Å²) in [6, 6.07) is 11.4. The van der Waals surface area contributed by atoms with E-state index < -0.39 is 0 Å². The van der Waals surface area contributed by atoms with Crippen LogP contribution in [0.15, 0.2) is 41.4 Å². The van der Waals surface area contributed by atoms with Crippen LogP contribution in [0.3, 0.4) is 0 Å². The van der Waals surface area contributed by atoms with E-state index in [9.17, 15) is 9.59 Å². The molecule has 9 heteroatoms. The second kappa shape index (κ2) is 10.00. The minimum absolute atomic E-state index is 0.00510. The number of amides is 2. The molecule has 1 atom stereocenters. The van der Waals surface area contributed by atoms with Gasteiger partial charge in [-0.05, 0) is 49.9 Å². The predicted octanol–water partition coefficient (Wildman–Crippen LogP) is 2.71. The summed E-state index contributed by atoms with van der Waals surface area (Å²) in [7, 11) is 1.59. The third kappa shape index (κ3) is 6.10. The molecule has 1 saturated heterocycles. The molecule has 2 heterocycles. The average molecular weight is 442 g/mol. The summed E-state index contributed by atoms with van der Waals surface area (Å²) in [4.78, 5) is 26.7. The van der Waals surface area contributed by atoms with Crippen LogP contribution in [0.2, 0.25) is 0 Å². The molecule has 4 rings (SSSR count). The molecule has 2 aromatic rings. The maximum absolute atomic E-state index is 12.4. The lowest BCUT2D eigenvalue weighted by molar-refractivity contribution is -0.125. The summed E-state index contributed by atoms with van der Waals surface area (Å²) >= 11 is 1.33. The normalized spacial score (nSPS) is 18.4. The number of rotatable bonds is 8. The SMILES string of the molecule is COc1cccc(NC(=O)CSc2ccc(N3CCC[C@@H](C(=O)NC4CC4)C3)nn2)c1. The van der Waals surface area contributed by atoms with Crippen LogP contribution in [0.25, 0.3) is 0 Å². The van der Waals surface area contributed by atoms with Crippen molar-refractivity contribution in [3.63, 3.8) is 0 Å². The summed E-state index contributed by atoms with van der Waals surface area (Å²) in [5.74, 6) is 1.74. The van der Waals surface area contributed by atoms with Crippen LogP contribution < -0.4 is 20.3 Å². The highest BCUT2D eigenvalue weighted by atomic mass is 32.2. The molecule has 1 aliphatic heterocycles. The van der Waals surface area contributed by atoms with Gasteiger partial charge in [0.15, 0.2) is 5.82 Å². The second-order valence-electron chi connectivity index (χ2n) is 7.87. The molecule has 2 amide bonds. The molecule has 8 nitrogen and oxygen atoms in total. The first-order valence-corrected chi connectivity index (χ1v) is 11.5. The number of aromatic nitrogens is 2. The Bertz CT molecular complexity index is 920. The second-order valence-corrected chi connectivity index (χ2v) is 8.86. The monoisotopic (exact) mass is 441 g/mol. The van der Waals surface area contributed by atoms with Gasteiger partial charge in [0.25, 0.3) is 0 Å². The highest BCUT2D eigenvalue weighted by Crippen LogP contribution is 2.25. The number of ether oxygens (including phenoxy) is 1. The Morgan fingerprint density at radius 3 is 2.81 bits per heavy atom. The van der Waals surface area contributed by atoms with E-state index in [1.54, 1.807) is 13.2 Å². The van der Waals surface area contributed by atoms with E-state index in [-0.39, 0.29) is 23.5 Å². The number of thioether (sulfide) groups is 1. The van der Waals surface area contributed by atoms with Crippen molar-refractivity contribution >= 4 is 35.1 Å². The van der Waals surface area contributed by atoms with E-state index >= 15 is 0 Å². The number of benzene rings is 1. The average Bonchev–Trinajstić information content (AvgIpc) is 3.62. The lowest BCUT2D eigenvalue weighted by Gasteiger charge is -2.32. The number of nitrogens with zero attached hydrogens (tertiary/aromatic N) is 3. The van der Waals surface area contributed by atoms with E-state index in [0.717, 1.165) is 38.0 Å². The van der Waals surface area contributed by atoms with E-state index in [2.05, 4.69) is 25.7 Å². The molecule has 164 valence electrons. The van der Waals surface area contributed by atoms with Gasteiger partial charge < -0.3 is 20.3 Å². The largest absolute Gasteiger partial charge is 0.497 e. The number of piperidine rings is 1. The Balaban J connectivity index is 1.26. The molecule has 1 aromatic heterocycles. The zero-order valence-electron chi connectivity index (χ0n) is 17.5. The lowest BCUT2D eigenvalue weighted by Crippen LogP contribution is -2.44. The first-order valence-electron chi connectivity index (χ1n) is 10.6. The summed E-state index contributed by atoms with van der Waals surface area (Å²) in [6.07, 6.45) is 4.08. The van der Waals surface area contributed by atoms with Gasteiger partial charge in [-0.2, -0.15) is 0 Å². The molecule has 0 spiro atoms. The summed E-state index contributed by atoms with van der Waals surface area (Å²) < 4.78 is 5.17. The zero-order chi connectivity index (χ0) is 21.6. The number of anilines is 2. The highest BCUT2D eigenvalue weighted by molar-refractivity contribution is 7.99. The van der Waals surface area contributed by atoms with Gasteiger partial charge in [-0.15, -0.1) is 10.2 Å². The van der Waals surface area contributed by atoms with E-state index in [1.807, 2.05) is 30.3 Å². The van der Waals surface area contributed by atoms with Crippen molar-refractivity contribution in [2.24, 2.45) is 5.92 Å². The molecule has 31 heavy (non-hydrogen) atoms. The molecule has 0 radical (unpaired) electrons. The third-order valence-corrected chi connectivity index (χ3v) is 6.29. The Hall–Kier alpha value is -2.81. The fourth-order valence-corrected chi connectivity index (χ4v) is 4.16. The van der Waals surface area contributed by atoms with Crippen LogP contribution in [0.4, 0.5) is 11.5 Å². The van der Waals surface area contributed by atoms with E-state index in [0.29, 0.717) is 29.0 Å². The predicted molar refractivity (Wildman–Crippen MR) is 120 cm³/mol. The summed E-state index contributed by atoms with van der Waals surface area (Å²) in [6.45, 7) is 1.54. The van der Waals surface area contributed by atoms with Gasteiger partial charge >= 0.3 is 0 Å².